The number of nitrogens with zero attached hydrogens (tertiary/aromatic N) is 2. The van der Waals surface area contributed by atoms with Gasteiger partial charge in [-0.2, -0.15) is 0 Å². The van der Waals surface area contributed by atoms with Gasteiger partial charge in [-0.25, -0.2) is 9.18 Å². The van der Waals surface area contributed by atoms with Gasteiger partial charge in [0.25, 0.3) is 0 Å². The van der Waals surface area contributed by atoms with Gasteiger partial charge in [0, 0.05) is 37.8 Å². The van der Waals surface area contributed by atoms with Crippen LogP contribution in [0.4, 0.5) is 14.9 Å². The number of piperidine rings is 1. The van der Waals surface area contributed by atoms with E-state index in [9.17, 15) is 14.0 Å². The SMILES string of the molecule is O=C(O)NSCCc1cccc(N2CC(C3CCN(C(=O)C4CC4)CC3)C2)c1F. The van der Waals surface area contributed by atoms with E-state index in [1.807, 2.05) is 17.0 Å². The first-order valence-electron chi connectivity index (χ1n) is 10.4. The Hall–Kier alpha value is -1.96. The molecule has 0 aromatic heterocycles. The molecule has 0 atom stereocenters. The van der Waals surface area contributed by atoms with Crippen molar-refractivity contribution in [1.82, 2.24) is 9.62 Å². The minimum Gasteiger partial charge on any atom is -0.464 e. The molecule has 4 rings (SSSR count). The molecule has 2 amide bonds. The van der Waals surface area contributed by atoms with Gasteiger partial charge in [0.2, 0.25) is 5.91 Å². The number of nitrogens with one attached hydrogen (secondary N) is 1. The lowest BCUT2D eigenvalue weighted by Gasteiger charge is -2.47. The van der Waals surface area contributed by atoms with E-state index in [2.05, 4.69) is 9.62 Å². The smallest absolute Gasteiger partial charge is 0.414 e. The number of carbonyl (C=O) groups excluding carboxylic acids is 1. The summed E-state index contributed by atoms with van der Waals surface area (Å²) in [6.45, 7) is 3.50. The van der Waals surface area contributed by atoms with Crippen LogP contribution in [0.3, 0.4) is 0 Å². The Balaban J connectivity index is 1.25. The minimum atomic E-state index is -1.08. The average Bonchev–Trinajstić information content (AvgIpc) is 3.51. The van der Waals surface area contributed by atoms with Crippen LogP contribution in [0.1, 0.15) is 31.2 Å². The highest BCUT2D eigenvalue weighted by Crippen LogP contribution is 2.38. The highest BCUT2D eigenvalue weighted by Gasteiger charge is 2.39. The maximum Gasteiger partial charge on any atom is 0.414 e. The van der Waals surface area contributed by atoms with Gasteiger partial charge in [0.05, 0.1) is 5.69 Å². The fourth-order valence-corrected chi connectivity index (χ4v) is 5.01. The first kappa shape index (κ1) is 20.3. The summed E-state index contributed by atoms with van der Waals surface area (Å²) in [7, 11) is 0. The number of rotatable bonds is 7. The summed E-state index contributed by atoms with van der Waals surface area (Å²) in [5.41, 5.74) is 1.27. The topological polar surface area (TPSA) is 72.9 Å². The summed E-state index contributed by atoms with van der Waals surface area (Å²) in [6.07, 6.45) is 3.65. The number of hydrogen-bond acceptors (Lipinski definition) is 4. The molecule has 8 heteroatoms. The van der Waals surface area contributed by atoms with E-state index in [4.69, 9.17) is 5.11 Å². The van der Waals surface area contributed by atoms with Crippen LogP contribution >= 0.6 is 11.9 Å². The molecule has 29 heavy (non-hydrogen) atoms. The van der Waals surface area contributed by atoms with Crippen molar-refractivity contribution < 1.29 is 19.1 Å². The first-order valence-corrected chi connectivity index (χ1v) is 11.4. The van der Waals surface area contributed by atoms with Crippen LogP contribution in [-0.2, 0) is 11.2 Å². The van der Waals surface area contributed by atoms with Crippen LogP contribution in [-0.4, -0.2) is 53.9 Å². The molecule has 1 aromatic carbocycles. The second kappa shape index (κ2) is 8.81. The van der Waals surface area contributed by atoms with Crippen LogP contribution in [0.25, 0.3) is 0 Å². The van der Waals surface area contributed by atoms with Crippen LogP contribution in [0.2, 0.25) is 0 Å². The highest BCUT2D eigenvalue weighted by molar-refractivity contribution is 7.97. The molecule has 2 heterocycles. The predicted octanol–water partition coefficient (Wildman–Crippen LogP) is 3.37. The van der Waals surface area contributed by atoms with E-state index in [1.54, 1.807) is 6.07 Å². The molecule has 0 spiro atoms. The Kier molecular flexibility index (Phi) is 6.18. The number of amides is 2. The van der Waals surface area contributed by atoms with Crippen molar-refractivity contribution >= 4 is 29.6 Å². The number of anilines is 1. The summed E-state index contributed by atoms with van der Waals surface area (Å²) < 4.78 is 17.1. The van der Waals surface area contributed by atoms with Crippen LogP contribution < -0.4 is 9.62 Å². The molecule has 3 aliphatic rings. The quantitative estimate of drug-likeness (QED) is 0.522. The minimum absolute atomic E-state index is 0.188. The molecule has 2 saturated heterocycles. The summed E-state index contributed by atoms with van der Waals surface area (Å²) >= 11 is 1.07. The second-order valence-corrected chi connectivity index (χ2v) is 9.26. The zero-order chi connectivity index (χ0) is 20.4. The van der Waals surface area contributed by atoms with Gasteiger partial charge in [0.15, 0.2) is 0 Å². The van der Waals surface area contributed by atoms with E-state index in [0.717, 1.165) is 63.8 Å². The van der Waals surface area contributed by atoms with Crippen molar-refractivity contribution in [2.24, 2.45) is 17.8 Å². The zero-order valence-corrected chi connectivity index (χ0v) is 17.3. The number of likely N-dealkylation sites (tertiary alicyclic amines) is 1. The number of carboxylic acid groups (broad SMARTS) is 1. The number of halogens is 1. The fraction of sp³-hybridized carbons (Fsp3) is 0.619. The van der Waals surface area contributed by atoms with Gasteiger partial charge in [-0.05, 0) is 67.5 Å². The monoisotopic (exact) mass is 421 g/mol. The summed E-state index contributed by atoms with van der Waals surface area (Å²) in [5, 5.41) is 8.59. The lowest BCUT2D eigenvalue weighted by atomic mass is 9.79. The molecule has 0 bridgehead atoms. The van der Waals surface area contributed by atoms with Crippen molar-refractivity contribution in [3.05, 3.63) is 29.6 Å². The van der Waals surface area contributed by atoms with E-state index in [0.29, 0.717) is 47.1 Å². The summed E-state index contributed by atoms with van der Waals surface area (Å²) in [5.74, 6) is 2.17. The van der Waals surface area contributed by atoms with Crippen molar-refractivity contribution in [1.29, 1.82) is 0 Å². The van der Waals surface area contributed by atoms with E-state index in [-0.39, 0.29) is 5.82 Å². The molecule has 2 aliphatic heterocycles. The lowest BCUT2D eigenvalue weighted by Crippen LogP contribution is -2.53. The highest BCUT2D eigenvalue weighted by atomic mass is 32.2. The average molecular weight is 422 g/mol. The fourth-order valence-electron chi connectivity index (χ4n) is 4.46. The van der Waals surface area contributed by atoms with Gasteiger partial charge in [-0.15, -0.1) is 0 Å². The van der Waals surface area contributed by atoms with Gasteiger partial charge < -0.3 is 14.9 Å². The number of benzene rings is 1. The van der Waals surface area contributed by atoms with Gasteiger partial charge in [-0.1, -0.05) is 12.1 Å². The predicted molar refractivity (Wildman–Crippen MR) is 111 cm³/mol. The molecular weight excluding hydrogens is 393 g/mol. The van der Waals surface area contributed by atoms with E-state index >= 15 is 0 Å². The maximum atomic E-state index is 14.9. The standard InChI is InChI=1S/C21H28FN3O3S/c22-19-15(8-11-29-23-21(27)28)2-1-3-18(19)25-12-17(13-25)14-6-9-24(10-7-14)20(26)16-4-5-16/h1-3,14,16-17,23H,4-13H2,(H,27,28). The molecule has 3 fully saturated rings. The van der Waals surface area contributed by atoms with E-state index in [1.165, 1.54) is 0 Å². The third-order valence-electron chi connectivity index (χ3n) is 6.39. The first-order chi connectivity index (χ1) is 14.0. The Labute approximate surface area is 174 Å². The van der Waals surface area contributed by atoms with Crippen molar-refractivity contribution in [2.75, 3.05) is 36.8 Å². The zero-order valence-electron chi connectivity index (χ0n) is 16.5. The third-order valence-corrected chi connectivity index (χ3v) is 7.11. The van der Waals surface area contributed by atoms with Gasteiger partial charge in [0.1, 0.15) is 5.82 Å². The molecule has 1 aliphatic carbocycles. The Morgan fingerprint density at radius 2 is 1.86 bits per heavy atom. The largest absolute Gasteiger partial charge is 0.464 e. The van der Waals surface area contributed by atoms with Crippen molar-refractivity contribution in [3.8, 4) is 0 Å². The van der Waals surface area contributed by atoms with E-state index < -0.39 is 6.09 Å². The van der Waals surface area contributed by atoms with Crippen LogP contribution in [0, 0.1) is 23.6 Å². The molecule has 1 saturated carbocycles. The molecule has 0 radical (unpaired) electrons. The second-order valence-electron chi connectivity index (χ2n) is 8.36. The lowest BCUT2D eigenvalue weighted by molar-refractivity contribution is -0.134. The molecule has 0 unspecified atom stereocenters. The number of aryl methyl sites for hydroxylation is 1. The molecule has 158 valence electrons. The van der Waals surface area contributed by atoms with Crippen molar-refractivity contribution in [2.45, 2.75) is 32.1 Å². The van der Waals surface area contributed by atoms with Crippen molar-refractivity contribution in [3.63, 3.8) is 0 Å². The summed E-state index contributed by atoms with van der Waals surface area (Å²) in [4.78, 5) is 26.8. The molecule has 1 aromatic rings. The van der Waals surface area contributed by atoms with Crippen LogP contribution in [0.15, 0.2) is 18.2 Å². The Morgan fingerprint density at radius 3 is 2.52 bits per heavy atom. The van der Waals surface area contributed by atoms with Gasteiger partial charge in [-0.3, -0.25) is 9.52 Å². The molecule has 2 N–H and O–H groups in total. The normalized spacial score (nSPS) is 20.4. The third kappa shape index (κ3) is 4.79. The Morgan fingerprint density at radius 1 is 1.14 bits per heavy atom. The molecular formula is C21H28FN3O3S. The Bertz CT molecular complexity index is 760. The number of carbonyl (C=O) groups is 2. The van der Waals surface area contributed by atoms with Crippen LogP contribution in [0.5, 0.6) is 0 Å². The number of hydrogen-bond donors (Lipinski definition) is 2. The summed E-state index contributed by atoms with van der Waals surface area (Å²) in [6, 6.07) is 5.47. The maximum absolute atomic E-state index is 14.9. The van der Waals surface area contributed by atoms with Gasteiger partial charge >= 0.3 is 6.09 Å². The molecule has 6 nitrogen and oxygen atoms in total.